The number of hydrogen-bond donors (Lipinski definition) is 1. The van der Waals surface area contributed by atoms with E-state index in [1.54, 1.807) is 18.2 Å². The van der Waals surface area contributed by atoms with Crippen molar-refractivity contribution in [2.75, 3.05) is 12.0 Å². The van der Waals surface area contributed by atoms with Gasteiger partial charge in [0, 0.05) is 10.7 Å². The Kier molecular flexibility index (Phi) is 5.92. The molecule has 1 heterocycles. The molecule has 1 N–H and O–H groups in total. The van der Waals surface area contributed by atoms with Gasteiger partial charge in [-0.2, -0.15) is 13.2 Å². The second-order valence-electron chi connectivity index (χ2n) is 6.09. The van der Waals surface area contributed by atoms with Crippen LogP contribution >= 0.6 is 15.9 Å². The smallest absolute Gasteiger partial charge is 0.416 e. The van der Waals surface area contributed by atoms with Crippen LogP contribution in [0.25, 0.3) is 0 Å². The van der Waals surface area contributed by atoms with E-state index in [-0.39, 0.29) is 5.69 Å². The van der Waals surface area contributed by atoms with Crippen molar-refractivity contribution in [3.05, 3.63) is 52.5 Å². The first-order valence-electron chi connectivity index (χ1n) is 8.35. The Balaban J connectivity index is 1.95. The molecule has 2 aromatic rings. The predicted molar refractivity (Wildman–Crippen MR) is 105 cm³/mol. The molecule has 0 saturated carbocycles. The summed E-state index contributed by atoms with van der Waals surface area (Å²) in [7, 11) is 1.41. The Morgan fingerprint density at radius 1 is 1.17 bits per heavy atom. The van der Waals surface area contributed by atoms with E-state index < -0.39 is 35.5 Å². The van der Waals surface area contributed by atoms with E-state index in [4.69, 9.17) is 4.74 Å². The first-order chi connectivity index (χ1) is 14.1. The van der Waals surface area contributed by atoms with E-state index in [0.717, 1.165) is 24.4 Å². The highest BCUT2D eigenvalue weighted by molar-refractivity contribution is 9.10. The molecule has 1 fully saturated rings. The predicted octanol–water partition coefficient (Wildman–Crippen LogP) is 4.08. The number of carbonyl (C=O) groups excluding carboxylic acids is 3. The molecule has 7 nitrogen and oxygen atoms in total. The van der Waals surface area contributed by atoms with Gasteiger partial charge in [-0.05, 0) is 36.4 Å². The van der Waals surface area contributed by atoms with Gasteiger partial charge in [0.15, 0.2) is 5.92 Å². The third-order valence-corrected chi connectivity index (χ3v) is 4.63. The number of urea groups is 1. The van der Waals surface area contributed by atoms with Gasteiger partial charge in [-0.15, -0.1) is 0 Å². The fourth-order valence-corrected chi connectivity index (χ4v) is 3.06. The fourth-order valence-electron chi connectivity index (χ4n) is 2.71. The Morgan fingerprint density at radius 3 is 2.57 bits per heavy atom. The van der Waals surface area contributed by atoms with Gasteiger partial charge in [0.05, 0.1) is 18.4 Å². The maximum absolute atomic E-state index is 13.0. The van der Waals surface area contributed by atoms with Gasteiger partial charge in [-0.25, -0.2) is 9.69 Å². The molecule has 0 radical (unpaired) electrons. The van der Waals surface area contributed by atoms with Crippen LogP contribution in [0.1, 0.15) is 5.56 Å². The number of halogens is 4. The molecule has 0 spiro atoms. The summed E-state index contributed by atoms with van der Waals surface area (Å²) >= 11 is 3.27. The molecule has 30 heavy (non-hydrogen) atoms. The van der Waals surface area contributed by atoms with Crippen LogP contribution in [0.4, 0.5) is 29.3 Å². The van der Waals surface area contributed by atoms with Gasteiger partial charge >= 0.3 is 12.2 Å². The molecule has 156 valence electrons. The summed E-state index contributed by atoms with van der Waals surface area (Å²) in [6, 6.07) is 7.42. The lowest BCUT2D eigenvalue weighted by Gasteiger charge is -2.28. The molecule has 1 aliphatic heterocycles. The number of alkyl halides is 3. The minimum absolute atomic E-state index is 0.301. The van der Waals surface area contributed by atoms with Crippen LogP contribution in [0.5, 0.6) is 5.75 Å². The van der Waals surface area contributed by atoms with E-state index in [0.29, 0.717) is 26.9 Å². The number of aliphatic imine (C=N–C) groups is 1. The van der Waals surface area contributed by atoms with Crippen molar-refractivity contribution in [1.29, 1.82) is 0 Å². The Labute approximate surface area is 176 Å². The lowest BCUT2D eigenvalue weighted by atomic mass is 10.1. The van der Waals surface area contributed by atoms with Crippen LogP contribution in [0.2, 0.25) is 0 Å². The minimum Gasteiger partial charge on any atom is -0.494 e. The molecular formula is C19H13BrF3N3O4. The van der Waals surface area contributed by atoms with E-state index in [1.165, 1.54) is 7.11 Å². The number of amides is 4. The second kappa shape index (κ2) is 8.27. The van der Waals surface area contributed by atoms with Crippen LogP contribution in [-0.4, -0.2) is 31.2 Å². The van der Waals surface area contributed by atoms with Gasteiger partial charge < -0.3 is 4.74 Å². The summed E-state index contributed by atoms with van der Waals surface area (Å²) in [5.41, 5.74) is -1.06. The number of barbiturate groups is 1. The number of anilines is 1. The molecule has 0 unspecified atom stereocenters. The van der Waals surface area contributed by atoms with Crippen LogP contribution in [-0.2, 0) is 15.8 Å². The Bertz CT molecular complexity index is 1060. The summed E-state index contributed by atoms with van der Waals surface area (Å²) in [5.74, 6) is -3.13. The number of carbonyl (C=O) groups is 3. The van der Waals surface area contributed by atoms with Gasteiger partial charge in [0.2, 0.25) is 5.91 Å². The number of nitrogens with one attached hydrogen (secondary N) is 1. The van der Waals surface area contributed by atoms with Gasteiger partial charge in [0.25, 0.3) is 5.91 Å². The lowest BCUT2D eigenvalue weighted by molar-refractivity contribution is -0.138. The molecule has 0 aliphatic carbocycles. The normalized spacial score (nSPS) is 17.4. The number of nitrogens with zero attached hydrogens (tertiary/aromatic N) is 2. The molecule has 1 atom stereocenters. The van der Waals surface area contributed by atoms with Crippen LogP contribution < -0.4 is 15.0 Å². The van der Waals surface area contributed by atoms with Gasteiger partial charge in [-0.3, -0.25) is 19.9 Å². The molecule has 3 rings (SSSR count). The summed E-state index contributed by atoms with van der Waals surface area (Å²) in [6.45, 7) is 0. The van der Waals surface area contributed by atoms with Crippen LogP contribution in [0.3, 0.4) is 0 Å². The first-order valence-corrected chi connectivity index (χ1v) is 9.15. The SMILES string of the molecule is COc1ccc(Br)cc1N=C[C@H]1C(=O)NC(=O)N(c2cccc(C(F)(F)F)c2)C1=O. The number of ether oxygens (including phenoxy) is 1. The van der Waals surface area contributed by atoms with Crippen LogP contribution in [0, 0.1) is 5.92 Å². The largest absolute Gasteiger partial charge is 0.494 e. The van der Waals surface area contributed by atoms with Crippen molar-refractivity contribution in [1.82, 2.24) is 5.32 Å². The molecule has 1 saturated heterocycles. The zero-order chi connectivity index (χ0) is 22.1. The van der Waals surface area contributed by atoms with E-state index in [1.807, 2.05) is 5.32 Å². The first kappa shape index (κ1) is 21.5. The van der Waals surface area contributed by atoms with E-state index in [9.17, 15) is 27.6 Å². The monoisotopic (exact) mass is 483 g/mol. The molecule has 1 aliphatic rings. The number of imide groups is 2. The average molecular weight is 484 g/mol. The minimum atomic E-state index is -4.67. The number of hydrogen-bond acceptors (Lipinski definition) is 5. The van der Waals surface area contributed by atoms with E-state index in [2.05, 4.69) is 20.9 Å². The summed E-state index contributed by atoms with van der Waals surface area (Å²) in [4.78, 5) is 41.7. The zero-order valence-corrected chi connectivity index (χ0v) is 16.8. The summed E-state index contributed by atoms with van der Waals surface area (Å²) < 4.78 is 44.8. The van der Waals surface area contributed by atoms with Crippen LogP contribution in [0.15, 0.2) is 51.9 Å². The summed E-state index contributed by atoms with van der Waals surface area (Å²) in [5, 5.41) is 1.96. The fraction of sp³-hybridized carbons (Fsp3) is 0.158. The zero-order valence-electron chi connectivity index (χ0n) is 15.2. The van der Waals surface area contributed by atoms with Crippen molar-refractivity contribution >= 4 is 51.4 Å². The molecule has 0 bridgehead atoms. The Morgan fingerprint density at radius 2 is 1.90 bits per heavy atom. The highest BCUT2D eigenvalue weighted by atomic mass is 79.9. The molecule has 4 amide bonds. The van der Waals surface area contributed by atoms with Gasteiger partial charge in [-0.1, -0.05) is 22.0 Å². The molecule has 0 aromatic heterocycles. The average Bonchev–Trinajstić information content (AvgIpc) is 2.67. The van der Waals surface area contributed by atoms with Crippen molar-refractivity contribution in [2.45, 2.75) is 6.18 Å². The second-order valence-corrected chi connectivity index (χ2v) is 7.00. The van der Waals surface area contributed by atoms with Gasteiger partial charge in [0.1, 0.15) is 11.4 Å². The topological polar surface area (TPSA) is 88.1 Å². The molecular weight excluding hydrogens is 471 g/mol. The maximum Gasteiger partial charge on any atom is 0.416 e. The number of rotatable bonds is 4. The van der Waals surface area contributed by atoms with Crippen molar-refractivity contribution in [3.8, 4) is 5.75 Å². The quantitative estimate of drug-likeness (QED) is 0.524. The number of methoxy groups -OCH3 is 1. The standard InChI is InChI=1S/C19H13BrF3N3O4/c1-30-15-6-5-11(20)8-14(15)24-9-13-16(27)25-18(29)26(17(13)28)12-4-2-3-10(7-12)19(21,22)23/h2-9,13H,1H3,(H,25,27,29)/t13-/m0/s1. The van der Waals surface area contributed by atoms with Crippen molar-refractivity contribution in [2.24, 2.45) is 10.9 Å². The highest BCUT2D eigenvalue weighted by Crippen LogP contribution is 2.33. The third-order valence-electron chi connectivity index (χ3n) is 4.14. The van der Waals surface area contributed by atoms with Crippen molar-refractivity contribution in [3.63, 3.8) is 0 Å². The maximum atomic E-state index is 13.0. The lowest BCUT2D eigenvalue weighted by Crippen LogP contribution is -2.58. The molecule has 2 aromatic carbocycles. The summed E-state index contributed by atoms with van der Waals surface area (Å²) in [6.07, 6.45) is -3.66. The van der Waals surface area contributed by atoms with Crippen molar-refractivity contribution < 1.29 is 32.3 Å². The highest BCUT2D eigenvalue weighted by Gasteiger charge is 2.41. The number of benzene rings is 2. The Hall–Kier alpha value is -3.21. The molecule has 11 heteroatoms. The van der Waals surface area contributed by atoms with E-state index >= 15 is 0 Å². The third kappa shape index (κ3) is 4.35.